The van der Waals surface area contributed by atoms with Crippen LogP contribution in [0.15, 0.2) is 17.0 Å². The van der Waals surface area contributed by atoms with Crippen LogP contribution in [0.1, 0.15) is 5.56 Å². The van der Waals surface area contributed by atoms with Crippen LogP contribution in [-0.4, -0.2) is 23.4 Å². The van der Waals surface area contributed by atoms with Crippen molar-refractivity contribution >= 4 is 24.3 Å². The maximum Gasteiger partial charge on any atom is 0.491 e. The molecule has 0 spiro atoms. The van der Waals surface area contributed by atoms with E-state index in [9.17, 15) is 4.39 Å². The summed E-state index contributed by atoms with van der Waals surface area (Å²) in [7, 11) is -1.74. The summed E-state index contributed by atoms with van der Waals surface area (Å²) in [5.41, 5.74) is 0.726. The van der Waals surface area contributed by atoms with Crippen LogP contribution in [-0.2, 0) is 0 Å². The lowest BCUT2D eigenvalue weighted by Gasteiger charge is -2.08. The minimum Gasteiger partial charge on any atom is -0.423 e. The van der Waals surface area contributed by atoms with Crippen LogP contribution in [0.3, 0.4) is 0 Å². The molecule has 0 aliphatic heterocycles. The predicted octanol–water partition coefficient (Wildman–Crippen LogP) is 0.536. The second-order valence-corrected chi connectivity index (χ2v) is 3.51. The maximum atomic E-state index is 13.4. The van der Waals surface area contributed by atoms with E-state index in [2.05, 4.69) is 0 Å². The van der Waals surface area contributed by atoms with Crippen molar-refractivity contribution < 1.29 is 14.4 Å². The molecule has 1 aromatic carbocycles. The Morgan fingerprint density at radius 1 is 1.38 bits per heavy atom. The van der Waals surface area contributed by atoms with Gasteiger partial charge in [0.25, 0.3) is 0 Å². The maximum absolute atomic E-state index is 13.4. The molecule has 13 heavy (non-hydrogen) atoms. The highest BCUT2D eigenvalue weighted by Gasteiger charge is 2.19. The average molecular weight is 200 g/mol. The highest BCUT2D eigenvalue weighted by Crippen LogP contribution is 2.21. The summed E-state index contributed by atoms with van der Waals surface area (Å²) in [5, 5.41) is 17.6. The van der Waals surface area contributed by atoms with Crippen molar-refractivity contribution in [3.05, 3.63) is 23.5 Å². The summed E-state index contributed by atoms with van der Waals surface area (Å²) in [6, 6.07) is 3.05. The molecule has 0 unspecified atom stereocenters. The molecule has 2 N–H and O–H groups in total. The molecule has 0 radical (unpaired) electrons. The Bertz CT molecular complexity index is 317. The molecule has 0 saturated carbocycles. The molecule has 1 aromatic rings. The van der Waals surface area contributed by atoms with E-state index in [1.165, 1.54) is 17.8 Å². The van der Waals surface area contributed by atoms with Gasteiger partial charge >= 0.3 is 7.12 Å². The summed E-state index contributed by atoms with van der Waals surface area (Å²) >= 11 is 1.26. The first-order chi connectivity index (χ1) is 6.07. The fraction of sp³-hybridized carbons (Fsp3) is 0.250. The van der Waals surface area contributed by atoms with E-state index in [0.29, 0.717) is 4.90 Å². The second-order valence-electron chi connectivity index (χ2n) is 2.69. The highest BCUT2D eigenvalue weighted by molar-refractivity contribution is 7.98. The molecular weight excluding hydrogens is 190 g/mol. The third-order valence-electron chi connectivity index (χ3n) is 1.81. The normalized spacial score (nSPS) is 10.2. The van der Waals surface area contributed by atoms with E-state index in [-0.39, 0.29) is 5.46 Å². The van der Waals surface area contributed by atoms with Gasteiger partial charge in [-0.3, -0.25) is 0 Å². The van der Waals surface area contributed by atoms with E-state index in [0.717, 1.165) is 5.56 Å². The van der Waals surface area contributed by atoms with Crippen molar-refractivity contribution in [2.24, 2.45) is 0 Å². The van der Waals surface area contributed by atoms with Gasteiger partial charge < -0.3 is 10.0 Å². The summed E-state index contributed by atoms with van der Waals surface area (Å²) in [6.07, 6.45) is 1.75. The molecule has 0 atom stereocenters. The van der Waals surface area contributed by atoms with E-state index in [4.69, 9.17) is 10.0 Å². The Morgan fingerprint density at radius 3 is 2.46 bits per heavy atom. The topological polar surface area (TPSA) is 40.5 Å². The third kappa shape index (κ3) is 2.04. The van der Waals surface area contributed by atoms with Gasteiger partial charge in [0, 0.05) is 10.4 Å². The monoisotopic (exact) mass is 200 g/mol. The van der Waals surface area contributed by atoms with Crippen molar-refractivity contribution in [3.8, 4) is 0 Å². The first-order valence-electron chi connectivity index (χ1n) is 3.77. The van der Waals surface area contributed by atoms with Gasteiger partial charge in [0.1, 0.15) is 5.82 Å². The fourth-order valence-corrected chi connectivity index (χ4v) is 1.80. The summed E-state index contributed by atoms with van der Waals surface area (Å²) < 4.78 is 13.4. The minimum absolute atomic E-state index is 0.0741. The Hall–Kier alpha value is -0.515. The summed E-state index contributed by atoms with van der Waals surface area (Å²) in [4.78, 5) is 0.464. The molecule has 0 fully saturated rings. The van der Waals surface area contributed by atoms with Gasteiger partial charge in [0.2, 0.25) is 0 Å². The largest absolute Gasteiger partial charge is 0.491 e. The summed E-state index contributed by atoms with van der Waals surface area (Å²) in [5.74, 6) is -0.539. The number of halogens is 1. The zero-order valence-corrected chi connectivity index (χ0v) is 8.23. The molecule has 70 valence electrons. The number of thioether (sulfide) groups is 1. The molecule has 0 aliphatic rings. The molecule has 0 saturated heterocycles. The Morgan fingerprint density at radius 2 is 2.00 bits per heavy atom. The number of hydrogen-bond donors (Lipinski definition) is 2. The van der Waals surface area contributed by atoms with Crippen LogP contribution in [0.5, 0.6) is 0 Å². The van der Waals surface area contributed by atoms with Crippen LogP contribution in [0.2, 0.25) is 0 Å². The highest BCUT2D eigenvalue weighted by atomic mass is 32.2. The van der Waals surface area contributed by atoms with Gasteiger partial charge in [-0.25, -0.2) is 4.39 Å². The van der Waals surface area contributed by atoms with Gasteiger partial charge in [0.05, 0.1) is 0 Å². The zero-order chi connectivity index (χ0) is 10.0. The Balaban J connectivity index is 3.27. The van der Waals surface area contributed by atoms with E-state index < -0.39 is 12.9 Å². The van der Waals surface area contributed by atoms with Gasteiger partial charge in [0.15, 0.2) is 0 Å². The van der Waals surface area contributed by atoms with Crippen molar-refractivity contribution in [2.75, 3.05) is 6.26 Å². The molecule has 0 aromatic heterocycles. The lowest BCUT2D eigenvalue weighted by Crippen LogP contribution is -2.33. The molecule has 0 bridgehead atoms. The van der Waals surface area contributed by atoms with Gasteiger partial charge in [-0.1, -0.05) is 12.1 Å². The van der Waals surface area contributed by atoms with E-state index >= 15 is 0 Å². The van der Waals surface area contributed by atoms with Crippen LogP contribution >= 0.6 is 11.8 Å². The molecule has 0 heterocycles. The predicted molar refractivity (Wildman–Crippen MR) is 52.7 cm³/mol. The lowest BCUT2D eigenvalue weighted by molar-refractivity contribution is 0.422. The number of rotatable bonds is 2. The number of aryl methyl sites for hydroxylation is 1. The van der Waals surface area contributed by atoms with E-state index in [1.54, 1.807) is 19.2 Å². The van der Waals surface area contributed by atoms with Crippen molar-refractivity contribution in [1.29, 1.82) is 0 Å². The molecule has 2 nitrogen and oxygen atoms in total. The van der Waals surface area contributed by atoms with Crippen LogP contribution in [0, 0.1) is 12.7 Å². The SMILES string of the molecule is CSc1c(C)ccc(B(O)O)c1F. The Kier molecular flexibility index (Phi) is 3.36. The molecular formula is C8H10BFO2S. The van der Waals surface area contributed by atoms with E-state index in [1.807, 2.05) is 0 Å². The Labute approximate surface area is 80.9 Å². The second kappa shape index (κ2) is 4.13. The lowest BCUT2D eigenvalue weighted by atomic mass is 9.79. The van der Waals surface area contributed by atoms with Crippen molar-refractivity contribution in [2.45, 2.75) is 11.8 Å². The quantitative estimate of drug-likeness (QED) is 0.540. The van der Waals surface area contributed by atoms with Crippen LogP contribution < -0.4 is 5.46 Å². The standard InChI is InChI=1S/C8H10BFO2S/c1-5-3-4-6(9(11)12)7(10)8(5)13-2/h3-4,11-12H,1-2H3. The average Bonchev–Trinajstić information content (AvgIpc) is 2.04. The first-order valence-corrected chi connectivity index (χ1v) is 4.99. The summed E-state index contributed by atoms with van der Waals surface area (Å²) in [6.45, 7) is 1.78. The van der Waals surface area contributed by atoms with Gasteiger partial charge in [-0.2, -0.15) is 0 Å². The van der Waals surface area contributed by atoms with Crippen LogP contribution in [0.4, 0.5) is 4.39 Å². The zero-order valence-electron chi connectivity index (χ0n) is 7.41. The smallest absolute Gasteiger partial charge is 0.423 e. The van der Waals surface area contributed by atoms with Crippen molar-refractivity contribution in [3.63, 3.8) is 0 Å². The molecule has 5 heteroatoms. The molecule has 0 aliphatic carbocycles. The number of benzene rings is 1. The first kappa shape index (κ1) is 10.6. The minimum atomic E-state index is -1.74. The number of hydrogen-bond acceptors (Lipinski definition) is 3. The molecule has 1 rings (SSSR count). The van der Waals surface area contributed by atoms with Gasteiger partial charge in [-0.15, -0.1) is 11.8 Å². The molecule has 0 amide bonds. The van der Waals surface area contributed by atoms with Crippen molar-refractivity contribution in [1.82, 2.24) is 0 Å². The van der Waals surface area contributed by atoms with Gasteiger partial charge in [-0.05, 0) is 18.7 Å². The third-order valence-corrected chi connectivity index (χ3v) is 2.72. The van der Waals surface area contributed by atoms with Crippen LogP contribution in [0.25, 0.3) is 0 Å². The fourth-order valence-electron chi connectivity index (χ4n) is 1.12.